The third-order valence-electron chi connectivity index (χ3n) is 7.13. The normalized spacial score (nSPS) is 17.1. The van der Waals surface area contributed by atoms with Crippen LogP contribution in [-0.2, 0) is 20.9 Å². The fourth-order valence-corrected chi connectivity index (χ4v) is 6.72. The van der Waals surface area contributed by atoms with E-state index in [0.29, 0.717) is 10.5 Å². The Morgan fingerprint density at radius 1 is 1.04 bits per heavy atom. The van der Waals surface area contributed by atoms with E-state index in [0.717, 1.165) is 16.7 Å². The van der Waals surface area contributed by atoms with Gasteiger partial charge in [-0.1, -0.05) is 67.2 Å². The van der Waals surface area contributed by atoms with Gasteiger partial charge in [0.1, 0.15) is 23.6 Å². The highest BCUT2D eigenvalue weighted by atomic mass is 35.5. The number of carbonyl (C=O) groups is 3. The third-order valence-corrected chi connectivity index (χ3v) is 10.0. The minimum absolute atomic E-state index is 0.114. The van der Waals surface area contributed by atoms with E-state index in [1.807, 2.05) is 0 Å². The first-order valence-corrected chi connectivity index (χ1v) is 17.2. The van der Waals surface area contributed by atoms with Crippen molar-refractivity contribution in [1.82, 2.24) is 4.90 Å². The maximum Gasteiger partial charge on any atom is 0.269 e. The number of hydrogen-bond acceptors (Lipinski definition) is 10. The highest BCUT2D eigenvalue weighted by Crippen LogP contribution is 2.40. The van der Waals surface area contributed by atoms with Gasteiger partial charge >= 0.3 is 0 Å². The van der Waals surface area contributed by atoms with Gasteiger partial charge in [-0.25, -0.2) is 0 Å². The molecule has 0 unspecified atom stereocenters. The number of nitro benzene ring substituents is 1. The Bertz CT molecular complexity index is 1840. The number of Topliss-reactive ketones (excluding diaryl/α,β-unsaturated/α-hetero) is 1. The molecule has 49 heavy (non-hydrogen) atoms. The number of β-lactam (4-membered cyclic amide) rings is 1. The van der Waals surface area contributed by atoms with Crippen LogP contribution in [0, 0.1) is 21.4 Å². The summed E-state index contributed by atoms with van der Waals surface area (Å²) in [5.41, 5.74) is -1.74. The highest BCUT2D eigenvalue weighted by Gasteiger charge is 2.53. The maximum absolute atomic E-state index is 13.9. The standard InChI is InChI=1S/C33H28Cl4N2O8S2/c1-16(40)25-29(37)38(30(25)42)26(32(48)46-15-17-5-9-19(10-6-17)39(44)45)27(28(41)33(2,3)4)47-20-11-7-18(8-12-20)31(43)49-24-14-22(35)21(34)13-23(24)36/h5-14,16,25,29,40H,15H2,1-4H3/t16-,25-,29-/m1/s1. The van der Waals surface area contributed by atoms with Crippen molar-refractivity contribution in [3.8, 4) is 5.75 Å². The smallest absolute Gasteiger partial charge is 0.269 e. The number of ether oxygens (including phenoxy) is 2. The SMILES string of the molecule is C[C@@H](O)[C@H]1C(=O)N(C(C(=S)OCc2ccc([N+](=O)[O-])cc2)=C(Oc2ccc(C(=O)Sc3cc(Cl)c(Cl)cc3Cl)cc2)C(=O)C(C)(C)C)[C@H]1Cl. The summed E-state index contributed by atoms with van der Waals surface area (Å²) in [5, 5.41) is 21.3. The lowest BCUT2D eigenvalue weighted by Gasteiger charge is -2.46. The molecule has 0 aliphatic carbocycles. The second kappa shape index (κ2) is 15.8. The van der Waals surface area contributed by atoms with Gasteiger partial charge in [-0.15, -0.1) is 0 Å². The maximum atomic E-state index is 13.9. The summed E-state index contributed by atoms with van der Waals surface area (Å²) in [7, 11) is 0. The molecule has 0 saturated carbocycles. The number of ketones is 1. The number of aliphatic hydroxyl groups is 1. The van der Waals surface area contributed by atoms with Crippen LogP contribution in [0.2, 0.25) is 15.1 Å². The van der Waals surface area contributed by atoms with Crippen molar-refractivity contribution >= 4 is 97.9 Å². The molecular formula is C33H28Cl4N2O8S2. The van der Waals surface area contributed by atoms with Crippen molar-refractivity contribution < 1.29 is 33.9 Å². The second-order valence-electron chi connectivity index (χ2n) is 11.8. The lowest BCUT2D eigenvalue weighted by molar-refractivity contribution is -0.384. The number of aliphatic hydroxyl groups excluding tert-OH is 1. The van der Waals surface area contributed by atoms with Crippen molar-refractivity contribution in [3.63, 3.8) is 0 Å². The van der Waals surface area contributed by atoms with E-state index in [-0.39, 0.29) is 60.3 Å². The molecule has 1 N–H and O–H groups in total. The lowest BCUT2D eigenvalue weighted by atomic mass is 9.87. The molecule has 1 fully saturated rings. The lowest BCUT2D eigenvalue weighted by Crippen LogP contribution is -2.62. The number of alkyl halides is 1. The number of non-ortho nitro benzene ring substituents is 1. The molecule has 0 radical (unpaired) electrons. The number of thiocarbonyl (C=S) groups is 1. The monoisotopic (exact) mass is 784 g/mol. The molecule has 1 heterocycles. The molecule has 3 atom stereocenters. The van der Waals surface area contributed by atoms with E-state index in [2.05, 4.69) is 0 Å². The van der Waals surface area contributed by atoms with Gasteiger partial charge in [-0.3, -0.25) is 29.4 Å². The number of carbonyl (C=O) groups excluding carboxylic acids is 3. The van der Waals surface area contributed by atoms with Crippen molar-refractivity contribution in [3.05, 3.63) is 108 Å². The number of nitro groups is 1. The zero-order chi connectivity index (χ0) is 36.4. The molecule has 1 saturated heterocycles. The van der Waals surface area contributed by atoms with E-state index in [4.69, 9.17) is 68.1 Å². The summed E-state index contributed by atoms with van der Waals surface area (Å²) < 4.78 is 12.0. The van der Waals surface area contributed by atoms with Crippen LogP contribution in [0.25, 0.3) is 0 Å². The van der Waals surface area contributed by atoms with Gasteiger partial charge in [0, 0.05) is 28.0 Å². The summed E-state index contributed by atoms with van der Waals surface area (Å²) in [6.45, 7) is 6.15. The molecule has 1 amide bonds. The first-order chi connectivity index (χ1) is 22.9. The molecule has 1 aliphatic rings. The van der Waals surface area contributed by atoms with Crippen molar-refractivity contribution in [2.45, 2.75) is 50.8 Å². The number of hydrogen-bond donors (Lipinski definition) is 1. The van der Waals surface area contributed by atoms with Crippen LogP contribution >= 0.6 is 70.4 Å². The molecule has 3 aromatic carbocycles. The van der Waals surface area contributed by atoms with E-state index >= 15 is 0 Å². The van der Waals surface area contributed by atoms with Crippen LogP contribution in [-0.4, -0.2) is 48.4 Å². The van der Waals surface area contributed by atoms with Gasteiger partial charge < -0.3 is 14.6 Å². The molecule has 16 heteroatoms. The number of thioether (sulfide) groups is 1. The van der Waals surface area contributed by atoms with Crippen LogP contribution in [0.4, 0.5) is 5.69 Å². The van der Waals surface area contributed by atoms with Crippen LogP contribution < -0.4 is 4.74 Å². The first kappa shape index (κ1) is 38.6. The summed E-state index contributed by atoms with van der Waals surface area (Å²) in [6.07, 6.45) is -1.11. The molecule has 4 rings (SSSR count). The van der Waals surface area contributed by atoms with Gasteiger partial charge in [0.05, 0.1) is 32.0 Å². The summed E-state index contributed by atoms with van der Waals surface area (Å²) in [6, 6.07) is 14.3. The number of likely N-dealkylation sites (tertiary alicyclic amines) is 1. The quantitative estimate of drug-likeness (QED) is 0.0192. The van der Waals surface area contributed by atoms with E-state index < -0.39 is 39.6 Å². The Kier molecular flexibility index (Phi) is 12.4. The van der Waals surface area contributed by atoms with E-state index in [1.54, 1.807) is 20.8 Å². The molecule has 1 aliphatic heterocycles. The second-order valence-corrected chi connectivity index (χ2v) is 14.9. The van der Waals surface area contributed by atoms with Crippen molar-refractivity contribution in [1.29, 1.82) is 0 Å². The minimum Gasteiger partial charge on any atom is -0.477 e. The third kappa shape index (κ3) is 8.93. The molecule has 0 aromatic heterocycles. The number of rotatable bonds is 11. The average Bonchev–Trinajstić information content (AvgIpc) is 3.03. The number of halogens is 4. The Labute approximate surface area is 311 Å². The van der Waals surface area contributed by atoms with Crippen LogP contribution in [0.3, 0.4) is 0 Å². The average molecular weight is 787 g/mol. The number of benzene rings is 3. The molecule has 0 spiro atoms. The summed E-state index contributed by atoms with van der Waals surface area (Å²) in [4.78, 5) is 52.3. The topological polar surface area (TPSA) is 136 Å². The fourth-order valence-electron chi connectivity index (χ4n) is 4.44. The van der Waals surface area contributed by atoms with Crippen LogP contribution in [0.5, 0.6) is 5.75 Å². The van der Waals surface area contributed by atoms with Gasteiger partial charge in [-0.05, 0) is 85.0 Å². The van der Waals surface area contributed by atoms with Crippen molar-refractivity contribution in [2.75, 3.05) is 0 Å². The molecule has 0 bridgehead atoms. The zero-order valence-corrected chi connectivity index (χ0v) is 30.9. The predicted octanol–water partition coefficient (Wildman–Crippen LogP) is 8.64. The first-order valence-electron chi connectivity index (χ1n) is 14.4. The Hall–Kier alpha value is -3.23. The van der Waals surface area contributed by atoms with Gasteiger partial charge in [0.25, 0.3) is 5.69 Å². The molecular weight excluding hydrogens is 758 g/mol. The number of allylic oxidation sites excluding steroid dienone is 1. The number of amides is 1. The summed E-state index contributed by atoms with van der Waals surface area (Å²) in [5.74, 6) is -2.42. The molecule has 258 valence electrons. The fraction of sp³-hybridized carbons (Fsp3) is 0.273. The van der Waals surface area contributed by atoms with Gasteiger partial charge in [-0.2, -0.15) is 0 Å². The highest BCUT2D eigenvalue weighted by molar-refractivity contribution is 8.14. The van der Waals surface area contributed by atoms with Crippen LogP contribution in [0.15, 0.2) is 77.0 Å². The Morgan fingerprint density at radius 2 is 1.63 bits per heavy atom. The Morgan fingerprint density at radius 3 is 2.16 bits per heavy atom. The van der Waals surface area contributed by atoms with Gasteiger partial charge in [0.15, 0.2) is 5.76 Å². The largest absolute Gasteiger partial charge is 0.477 e. The Balaban J connectivity index is 1.70. The minimum atomic E-state index is -1.11. The predicted molar refractivity (Wildman–Crippen MR) is 192 cm³/mol. The molecule has 3 aromatic rings. The zero-order valence-electron chi connectivity index (χ0n) is 26.2. The van der Waals surface area contributed by atoms with Gasteiger partial charge in [0.2, 0.25) is 21.9 Å². The van der Waals surface area contributed by atoms with E-state index in [1.165, 1.54) is 67.6 Å². The number of nitrogens with zero attached hydrogens (tertiary/aromatic N) is 2. The van der Waals surface area contributed by atoms with Crippen LogP contribution in [0.1, 0.15) is 43.6 Å². The van der Waals surface area contributed by atoms with Crippen molar-refractivity contribution in [2.24, 2.45) is 11.3 Å². The molecule has 10 nitrogen and oxygen atoms in total. The van der Waals surface area contributed by atoms with E-state index in [9.17, 15) is 29.6 Å². The summed E-state index contributed by atoms with van der Waals surface area (Å²) >= 11 is 31.3.